The van der Waals surface area contributed by atoms with E-state index >= 15 is 0 Å². The summed E-state index contributed by atoms with van der Waals surface area (Å²) < 4.78 is 2.41. The summed E-state index contributed by atoms with van der Waals surface area (Å²) >= 11 is 1.24. The van der Waals surface area contributed by atoms with Gasteiger partial charge in [-0.2, -0.15) is 0 Å². The number of rotatable bonds is 7. The Labute approximate surface area is 182 Å². The molecule has 1 N–H and O–H groups in total. The van der Waals surface area contributed by atoms with Crippen LogP contribution < -0.4 is 20.1 Å². The molecule has 0 spiro atoms. The van der Waals surface area contributed by atoms with Crippen LogP contribution in [0.4, 0.5) is 0 Å². The van der Waals surface area contributed by atoms with Crippen LogP contribution in [0.5, 0.6) is 0 Å². The second-order valence-electron chi connectivity index (χ2n) is 8.77. The number of carbonyl (C=O) groups is 2. The number of thiazole rings is 1. The number of ketones is 1. The van der Waals surface area contributed by atoms with Crippen LogP contribution in [-0.4, -0.2) is 22.3 Å². The highest BCUT2D eigenvalue weighted by Gasteiger charge is 2.20. The van der Waals surface area contributed by atoms with Gasteiger partial charge < -0.3 is 5.32 Å². The van der Waals surface area contributed by atoms with Gasteiger partial charge >= 0.3 is 0 Å². The lowest BCUT2D eigenvalue weighted by Crippen LogP contribution is -2.41. The number of aryl methyl sites for hydroxylation is 1. The predicted molar refractivity (Wildman–Crippen MR) is 124 cm³/mol. The SMILES string of the molecule is CCC[C@H](C)NC(=O)Cn1c(=O)/c(=C\c2cccc(C)c2)s/c1=C\C(=O)C(C)(C)C. The van der Waals surface area contributed by atoms with Crippen LogP contribution in [0.15, 0.2) is 29.1 Å². The molecule has 2 aromatic rings. The molecule has 6 heteroatoms. The molecule has 0 saturated carbocycles. The number of nitrogens with one attached hydrogen (secondary N) is 1. The first kappa shape index (κ1) is 23.8. The minimum absolute atomic E-state index is 0.0406. The summed E-state index contributed by atoms with van der Waals surface area (Å²) in [5, 5.41) is 2.93. The average Bonchev–Trinajstić information content (AvgIpc) is 2.89. The number of Topliss-reactive ketones (excluding diaryl/α,β-unsaturated/α-hetero) is 1. The molecule has 1 amide bonds. The van der Waals surface area contributed by atoms with Gasteiger partial charge in [0, 0.05) is 17.5 Å². The summed E-state index contributed by atoms with van der Waals surface area (Å²) in [6.45, 7) is 11.4. The molecule has 0 bridgehead atoms. The maximum absolute atomic E-state index is 13.1. The van der Waals surface area contributed by atoms with Crippen molar-refractivity contribution in [3.05, 3.63) is 54.9 Å². The van der Waals surface area contributed by atoms with E-state index in [1.807, 2.05) is 65.0 Å². The Kier molecular flexibility index (Phi) is 7.96. The van der Waals surface area contributed by atoms with Crippen molar-refractivity contribution in [1.29, 1.82) is 0 Å². The number of hydrogen-bond acceptors (Lipinski definition) is 4. The predicted octanol–water partition coefficient (Wildman–Crippen LogP) is 2.75. The quantitative estimate of drug-likeness (QED) is 0.737. The summed E-state index contributed by atoms with van der Waals surface area (Å²) in [6.07, 6.45) is 5.14. The third kappa shape index (κ3) is 6.52. The van der Waals surface area contributed by atoms with Crippen LogP contribution in [0.25, 0.3) is 12.2 Å². The summed E-state index contributed by atoms with van der Waals surface area (Å²) in [4.78, 5) is 38.2. The first-order valence-corrected chi connectivity index (χ1v) is 11.2. The number of nitrogens with zero attached hydrogens (tertiary/aromatic N) is 1. The maximum atomic E-state index is 13.1. The van der Waals surface area contributed by atoms with E-state index in [-0.39, 0.29) is 29.8 Å². The monoisotopic (exact) mass is 428 g/mol. The zero-order valence-electron chi connectivity index (χ0n) is 18.7. The van der Waals surface area contributed by atoms with E-state index in [9.17, 15) is 14.4 Å². The smallest absolute Gasteiger partial charge is 0.269 e. The van der Waals surface area contributed by atoms with Gasteiger partial charge in [-0.15, -0.1) is 11.3 Å². The normalized spacial score (nSPS) is 14.1. The molecule has 0 fully saturated rings. The molecule has 1 atom stereocenters. The van der Waals surface area contributed by atoms with Crippen molar-refractivity contribution in [3.8, 4) is 0 Å². The molecule has 0 saturated heterocycles. The van der Waals surface area contributed by atoms with E-state index in [1.54, 1.807) is 0 Å². The summed E-state index contributed by atoms with van der Waals surface area (Å²) in [7, 11) is 0. The van der Waals surface area contributed by atoms with Crippen molar-refractivity contribution in [2.24, 2.45) is 5.41 Å². The van der Waals surface area contributed by atoms with E-state index in [1.165, 1.54) is 22.0 Å². The van der Waals surface area contributed by atoms with Gasteiger partial charge in [0.1, 0.15) is 11.2 Å². The van der Waals surface area contributed by atoms with Gasteiger partial charge in [0.25, 0.3) is 5.56 Å². The number of aromatic nitrogens is 1. The van der Waals surface area contributed by atoms with Crippen LogP contribution in [0.1, 0.15) is 58.6 Å². The molecule has 5 nitrogen and oxygen atoms in total. The molecule has 30 heavy (non-hydrogen) atoms. The van der Waals surface area contributed by atoms with E-state index in [0.717, 1.165) is 24.0 Å². The van der Waals surface area contributed by atoms with Gasteiger partial charge in [0.2, 0.25) is 5.91 Å². The first-order valence-electron chi connectivity index (χ1n) is 10.3. The lowest BCUT2D eigenvalue weighted by atomic mass is 9.91. The number of carbonyl (C=O) groups excluding carboxylic acids is 2. The second kappa shape index (κ2) is 10.0. The van der Waals surface area contributed by atoms with Crippen LogP contribution in [0, 0.1) is 12.3 Å². The Bertz CT molecular complexity index is 1090. The Balaban J connectivity index is 2.54. The van der Waals surface area contributed by atoms with Crippen LogP contribution >= 0.6 is 11.3 Å². The van der Waals surface area contributed by atoms with Crippen molar-refractivity contribution < 1.29 is 9.59 Å². The fourth-order valence-electron chi connectivity index (χ4n) is 3.00. The zero-order chi connectivity index (χ0) is 22.5. The van der Waals surface area contributed by atoms with Crippen molar-refractivity contribution in [2.45, 2.75) is 67.0 Å². The van der Waals surface area contributed by atoms with Crippen LogP contribution in [0.3, 0.4) is 0 Å². The molecule has 1 heterocycles. The molecule has 2 rings (SSSR count). The van der Waals surface area contributed by atoms with Crippen LogP contribution in [-0.2, 0) is 16.1 Å². The third-order valence-corrected chi connectivity index (χ3v) is 5.76. The maximum Gasteiger partial charge on any atom is 0.269 e. The summed E-state index contributed by atoms with van der Waals surface area (Å²) in [6, 6.07) is 7.89. The van der Waals surface area contributed by atoms with E-state index in [0.29, 0.717) is 9.20 Å². The van der Waals surface area contributed by atoms with Crippen molar-refractivity contribution >= 4 is 35.2 Å². The highest BCUT2D eigenvalue weighted by molar-refractivity contribution is 7.07. The zero-order valence-corrected chi connectivity index (χ0v) is 19.6. The Morgan fingerprint density at radius 2 is 1.97 bits per heavy atom. The van der Waals surface area contributed by atoms with Gasteiger partial charge in [-0.3, -0.25) is 19.0 Å². The topological polar surface area (TPSA) is 68.2 Å². The average molecular weight is 429 g/mol. The molecular weight excluding hydrogens is 396 g/mol. The van der Waals surface area contributed by atoms with E-state index in [2.05, 4.69) is 12.2 Å². The van der Waals surface area contributed by atoms with Crippen molar-refractivity contribution in [1.82, 2.24) is 9.88 Å². The molecule has 1 aromatic heterocycles. The lowest BCUT2D eigenvalue weighted by Gasteiger charge is -2.14. The van der Waals surface area contributed by atoms with E-state index < -0.39 is 5.41 Å². The molecule has 162 valence electrons. The third-order valence-electron chi connectivity index (χ3n) is 4.70. The molecule has 0 aliphatic carbocycles. The molecular formula is C24H32N2O3S. The molecule has 0 unspecified atom stereocenters. The van der Waals surface area contributed by atoms with Crippen LogP contribution in [0.2, 0.25) is 0 Å². The largest absolute Gasteiger partial charge is 0.352 e. The van der Waals surface area contributed by atoms with Crippen molar-refractivity contribution in [3.63, 3.8) is 0 Å². The number of hydrogen-bond donors (Lipinski definition) is 1. The number of amides is 1. The fourth-order valence-corrected chi connectivity index (χ4v) is 4.04. The summed E-state index contributed by atoms with van der Waals surface area (Å²) in [5.74, 6) is -0.310. The van der Waals surface area contributed by atoms with Gasteiger partial charge in [-0.1, -0.05) is 63.9 Å². The summed E-state index contributed by atoms with van der Waals surface area (Å²) in [5.41, 5.74) is 1.19. The molecule has 0 radical (unpaired) electrons. The van der Waals surface area contributed by atoms with Crippen molar-refractivity contribution in [2.75, 3.05) is 0 Å². The standard InChI is InChI=1S/C24H32N2O3S/c1-7-9-17(3)25-21(28)15-26-22(14-20(27)24(4,5)6)30-19(23(26)29)13-18-11-8-10-16(2)12-18/h8,10-14,17H,7,9,15H2,1-6H3,(H,25,28)/b19-13+,22-14-/t17-/m0/s1. The lowest BCUT2D eigenvalue weighted by molar-refractivity contribution is -0.122. The highest BCUT2D eigenvalue weighted by Crippen LogP contribution is 2.14. The fraction of sp³-hybridized carbons (Fsp3) is 0.458. The minimum Gasteiger partial charge on any atom is -0.352 e. The van der Waals surface area contributed by atoms with E-state index in [4.69, 9.17) is 0 Å². The first-order chi connectivity index (χ1) is 14.0. The highest BCUT2D eigenvalue weighted by atomic mass is 32.1. The molecule has 0 aliphatic rings. The van der Waals surface area contributed by atoms with Gasteiger partial charge in [-0.05, 0) is 31.9 Å². The van der Waals surface area contributed by atoms with Gasteiger partial charge in [0.15, 0.2) is 5.78 Å². The second-order valence-corrected chi connectivity index (χ2v) is 9.83. The minimum atomic E-state index is -0.566. The van der Waals surface area contributed by atoms with Gasteiger partial charge in [0.05, 0.1) is 4.53 Å². The Hall–Kier alpha value is -2.47. The Morgan fingerprint density at radius 3 is 2.57 bits per heavy atom. The molecule has 0 aliphatic heterocycles. The Morgan fingerprint density at radius 1 is 1.27 bits per heavy atom. The number of benzene rings is 1. The van der Waals surface area contributed by atoms with Gasteiger partial charge in [-0.25, -0.2) is 0 Å². The molecule has 1 aromatic carbocycles.